The van der Waals surface area contributed by atoms with Crippen LogP contribution in [0.1, 0.15) is 25.8 Å². The van der Waals surface area contributed by atoms with E-state index in [0.717, 1.165) is 31.0 Å². The molecular weight excluding hydrogens is 262 g/mol. The molecule has 1 heterocycles. The molecule has 1 aromatic carbocycles. The Morgan fingerprint density at radius 2 is 2.26 bits per heavy atom. The molecule has 3 nitrogen and oxygen atoms in total. The van der Waals surface area contributed by atoms with E-state index in [4.69, 9.17) is 11.6 Å². The Morgan fingerprint density at radius 1 is 1.53 bits per heavy atom. The third-order valence-electron chi connectivity index (χ3n) is 3.51. The topological polar surface area (TPSA) is 40.5 Å². The number of halogens is 1. The molecule has 1 saturated heterocycles. The molecule has 1 amide bonds. The summed E-state index contributed by atoms with van der Waals surface area (Å²) in [5.41, 5.74) is -0.0691. The van der Waals surface area contributed by atoms with Crippen molar-refractivity contribution in [3.8, 4) is 0 Å². The van der Waals surface area contributed by atoms with E-state index in [9.17, 15) is 9.90 Å². The molecule has 1 atom stereocenters. The molecule has 1 aliphatic heterocycles. The fourth-order valence-corrected chi connectivity index (χ4v) is 2.78. The lowest BCUT2D eigenvalue weighted by Gasteiger charge is -2.24. The largest absolute Gasteiger partial charge is 0.381 e. The number of amides is 1. The molecule has 0 spiro atoms. The molecule has 0 aromatic heterocycles. The zero-order valence-corrected chi connectivity index (χ0v) is 12.2. The minimum absolute atomic E-state index is 0.180. The van der Waals surface area contributed by atoms with Gasteiger partial charge in [-0.15, -0.1) is 0 Å². The minimum Gasteiger partial charge on any atom is -0.381 e. The highest BCUT2D eigenvalue weighted by Crippen LogP contribution is 2.24. The molecule has 1 fully saturated rings. The minimum atomic E-state index is -1.27. The third-order valence-corrected chi connectivity index (χ3v) is 3.74. The van der Waals surface area contributed by atoms with Gasteiger partial charge in [-0.3, -0.25) is 4.79 Å². The molecule has 19 heavy (non-hydrogen) atoms. The van der Waals surface area contributed by atoms with Crippen molar-refractivity contribution in [2.24, 2.45) is 5.92 Å². The van der Waals surface area contributed by atoms with Gasteiger partial charge in [0.2, 0.25) is 0 Å². The Labute approximate surface area is 119 Å². The zero-order valence-electron chi connectivity index (χ0n) is 11.4. The van der Waals surface area contributed by atoms with E-state index in [1.54, 1.807) is 18.7 Å². The number of benzene rings is 1. The van der Waals surface area contributed by atoms with Crippen molar-refractivity contribution in [2.45, 2.75) is 32.3 Å². The monoisotopic (exact) mass is 281 g/mol. The SMILES string of the molecule is CC(C)(O)C(=O)N1CCC(Cc2cccc(Cl)c2)C1. The van der Waals surface area contributed by atoms with Gasteiger partial charge in [-0.2, -0.15) is 0 Å². The van der Waals surface area contributed by atoms with Crippen LogP contribution in [0.4, 0.5) is 0 Å². The van der Waals surface area contributed by atoms with Crippen LogP contribution in [-0.4, -0.2) is 34.6 Å². The van der Waals surface area contributed by atoms with Gasteiger partial charge < -0.3 is 10.0 Å². The maximum Gasteiger partial charge on any atom is 0.253 e. The predicted octanol–water partition coefficient (Wildman–Crippen LogP) is 2.50. The number of carbonyl (C=O) groups excluding carboxylic acids is 1. The first-order chi connectivity index (χ1) is 8.86. The van der Waals surface area contributed by atoms with Crippen molar-refractivity contribution >= 4 is 17.5 Å². The van der Waals surface area contributed by atoms with Gasteiger partial charge >= 0.3 is 0 Å². The fourth-order valence-electron chi connectivity index (χ4n) is 2.57. The van der Waals surface area contributed by atoms with Gasteiger partial charge in [0.15, 0.2) is 0 Å². The molecule has 2 rings (SSSR count). The van der Waals surface area contributed by atoms with Gasteiger partial charge in [0.25, 0.3) is 5.91 Å². The summed E-state index contributed by atoms with van der Waals surface area (Å²) in [6, 6.07) is 7.85. The summed E-state index contributed by atoms with van der Waals surface area (Å²) in [5.74, 6) is 0.269. The van der Waals surface area contributed by atoms with Crippen molar-refractivity contribution < 1.29 is 9.90 Å². The summed E-state index contributed by atoms with van der Waals surface area (Å²) in [5, 5.41) is 10.5. The van der Waals surface area contributed by atoms with E-state index in [1.807, 2.05) is 18.2 Å². The maximum atomic E-state index is 12.0. The van der Waals surface area contributed by atoms with Gasteiger partial charge in [-0.25, -0.2) is 0 Å². The first kappa shape index (κ1) is 14.4. The highest BCUT2D eigenvalue weighted by molar-refractivity contribution is 6.30. The third kappa shape index (κ3) is 3.71. The Kier molecular flexibility index (Phi) is 4.16. The number of aliphatic hydroxyl groups is 1. The lowest BCUT2D eigenvalue weighted by atomic mass is 9.99. The number of rotatable bonds is 3. The van der Waals surface area contributed by atoms with Gasteiger partial charge in [-0.1, -0.05) is 23.7 Å². The summed E-state index contributed by atoms with van der Waals surface area (Å²) in [6.07, 6.45) is 1.91. The maximum absolute atomic E-state index is 12.0. The molecule has 1 aromatic rings. The summed E-state index contributed by atoms with van der Waals surface area (Å²) >= 11 is 5.97. The van der Waals surface area contributed by atoms with Gasteiger partial charge in [0, 0.05) is 18.1 Å². The van der Waals surface area contributed by atoms with Crippen molar-refractivity contribution in [1.29, 1.82) is 0 Å². The second kappa shape index (κ2) is 5.51. The van der Waals surface area contributed by atoms with Crippen LogP contribution in [0.5, 0.6) is 0 Å². The first-order valence-corrected chi connectivity index (χ1v) is 7.00. The Morgan fingerprint density at radius 3 is 2.89 bits per heavy atom. The van der Waals surface area contributed by atoms with Crippen LogP contribution >= 0.6 is 11.6 Å². The predicted molar refractivity (Wildman–Crippen MR) is 76.1 cm³/mol. The van der Waals surface area contributed by atoms with Crippen molar-refractivity contribution in [3.63, 3.8) is 0 Å². The van der Waals surface area contributed by atoms with Crippen LogP contribution < -0.4 is 0 Å². The quantitative estimate of drug-likeness (QED) is 0.925. The van der Waals surface area contributed by atoms with E-state index in [-0.39, 0.29) is 5.91 Å². The lowest BCUT2D eigenvalue weighted by Crippen LogP contribution is -2.44. The highest BCUT2D eigenvalue weighted by Gasteiger charge is 2.34. The molecule has 1 N–H and O–H groups in total. The van der Waals surface area contributed by atoms with Crippen LogP contribution in [0.2, 0.25) is 5.02 Å². The molecular formula is C15H20ClNO2. The second-order valence-corrected chi connectivity index (χ2v) is 6.24. The molecule has 0 radical (unpaired) electrons. The van der Waals surface area contributed by atoms with E-state index in [2.05, 4.69) is 6.07 Å². The van der Waals surface area contributed by atoms with Crippen LogP contribution in [0, 0.1) is 5.92 Å². The number of nitrogens with zero attached hydrogens (tertiary/aromatic N) is 1. The average molecular weight is 282 g/mol. The number of likely N-dealkylation sites (tertiary alicyclic amines) is 1. The Bertz CT molecular complexity index is 467. The molecule has 104 valence electrons. The van der Waals surface area contributed by atoms with E-state index < -0.39 is 5.60 Å². The van der Waals surface area contributed by atoms with Crippen molar-refractivity contribution in [3.05, 3.63) is 34.9 Å². The normalized spacial score (nSPS) is 19.8. The number of hydrogen-bond donors (Lipinski definition) is 1. The average Bonchev–Trinajstić information content (AvgIpc) is 2.75. The fraction of sp³-hybridized carbons (Fsp3) is 0.533. The highest BCUT2D eigenvalue weighted by atomic mass is 35.5. The van der Waals surface area contributed by atoms with Crippen LogP contribution in [0.3, 0.4) is 0 Å². The lowest BCUT2D eigenvalue weighted by molar-refractivity contribution is -0.146. The smallest absolute Gasteiger partial charge is 0.253 e. The van der Waals surface area contributed by atoms with Gasteiger partial charge in [0.05, 0.1) is 0 Å². The Balaban J connectivity index is 1.94. The van der Waals surface area contributed by atoms with Crippen LogP contribution in [-0.2, 0) is 11.2 Å². The summed E-state index contributed by atoms with van der Waals surface area (Å²) in [7, 11) is 0. The van der Waals surface area contributed by atoms with Gasteiger partial charge in [0.1, 0.15) is 5.60 Å². The zero-order chi connectivity index (χ0) is 14.0. The standard InChI is InChI=1S/C15H20ClNO2/c1-15(2,19)14(18)17-7-6-12(10-17)8-11-4-3-5-13(16)9-11/h3-5,9,12,19H,6-8,10H2,1-2H3. The van der Waals surface area contributed by atoms with E-state index in [1.165, 1.54) is 5.56 Å². The number of hydrogen-bond acceptors (Lipinski definition) is 2. The second-order valence-electron chi connectivity index (χ2n) is 5.80. The Hall–Kier alpha value is -1.06. The molecule has 0 aliphatic carbocycles. The molecule has 4 heteroatoms. The van der Waals surface area contributed by atoms with Gasteiger partial charge in [-0.05, 0) is 50.3 Å². The van der Waals surface area contributed by atoms with Crippen molar-refractivity contribution in [1.82, 2.24) is 4.90 Å². The molecule has 1 aliphatic rings. The van der Waals surface area contributed by atoms with Crippen molar-refractivity contribution in [2.75, 3.05) is 13.1 Å². The summed E-state index contributed by atoms with van der Waals surface area (Å²) in [6.45, 7) is 4.53. The van der Waals surface area contributed by atoms with E-state index in [0.29, 0.717) is 5.92 Å². The summed E-state index contributed by atoms with van der Waals surface area (Å²) < 4.78 is 0. The van der Waals surface area contributed by atoms with E-state index >= 15 is 0 Å². The first-order valence-electron chi connectivity index (χ1n) is 6.62. The number of carbonyl (C=O) groups is 1. The van der Waals surface area contributed by atoms with Crippen LogP contribution in [0.15, 0.2) is 24.3 Å². The molecule has 0 bridgehead atoms. The summed E-state index contributed by atoms with van der Waals surface area (Å²) in [4.78, 5) is 13.7. The molecule has 0 saturated carbocycles. The van der Waals surface area contributed by atoms with Crippen LogP contribution in [0.25, 0.3) is 0 Å². The molecule has 1 unspecified atom stereocenters.